The molecule has 0 saturated heterocycles. The van der Waals surface area contributed by atoms with Crippen molar-refractivity contribution in [3.63, 3.8) is 0 Å². The minimum Gasteiger partial charge on any atom is -0.465 e. The van der Waals surface area contributed by atoms with Gasteiger partial charge in [-0.05, 0) is 35.9 Å². The van der Waals surface area contributed by atoms with Gasteiger partial charge in [0.15, 0.2) is 0 Å². The van der Waals surface area contributed by atoms with Gasteiger partial charge >= 0.3 is 5.97 Å². The van der Waals surface area contributed by atoms with Crippen LogP contribution in [0.25, 0.3) is 0 Å². The van der Waals surface area contributed by atoms with E-state index in [-0.39, 0.29) is 0 Å². The fraction of sp³-hybridized carbons (Fsp3) is 0.133. The summed E-state index contributed by atoms with van der Waals surface area (Å²) in [4.78, 5) is 11.7. The van der Waals surface area contributed by atoms with Crippen molar-refractivity contribution in [2.24, 2.45) is 0 Å². The molecule has 0 aliphatic rings. The molecule has 110 valence electrons. The number of benzene rings is 2. The van der Waals surface area contributed by atoms with E-state index in [2.05, 4.69) is 21.2 Å². The molecule has 1 N–H and O–H groups in total. The van der Waals surface area contributed by atoms with Gasteiger partial charge in [-0.3, -0.25) is 0 Å². The molecule has 0 fully saturated rings. The molecule has 0 aliphatic heterocycles. The molecule has 0 aliphatic carbocycles. The van der Waals surface area contributed by atoms with Crippen LogP contribution in [-0.2, 0) is 11.3 Å². The second-order valence-corrected chi connectivity index (χ2v) is 6.03. The third-order valence-corrected chi connectivity index (χ3v) is 3.95. The molecule has 2 rings (SSSR count). The lowest BCUT2D eigenvalue weighted by Crippen LogP contribution is -2.08. The predicted molar refractivity (Wildman–Crippen MR) is 89.3 cm³/mol. The zero-order chi connectivity index (χ0) is 15.4. The zero-order valence-electron chi connectivity index (χ0n) is 11.1. The monoisotopic (exact) mass is 387 g/mol. The van der Waals surface area contributed by atoms with Gasteiger partial charge < -0.3 is 10.1 Å². The number of carbonyl (C=O) groups excluding carboxylic acids is 1. The van der Waals surface area contributed by atoms with E-state index in [9.17, 15) is 4.79 Å². The van der Waals surface area contributed by atoms with Crippen LogP contribution in [0, 0.1) is 0 Å². The Hall–Kier alpha value is -1.23. The summed E-state index contributed by atoms with van der Waals surface area (Å²) in [5.74, 6) is -0.420. The van der Waals surface area contributed by atoms with E-state index in [1.54, 1.807) is 18.2 Å². The van der Waals surface area contributed by atoms with Crippen molar-refractivity contribution < 1.29 is 9.53 Å². The van der Waals surface area contributed by atoms with E-state index in [4.69, 9.17) is 27.9 Å². The van der Waals surface area contributed by atoms with Crippen molar-refractivity contribution in [1.82, 2.24) is 0 Å². The second kappa shape index (κ2) is 7.16. The van der Waals surface area contributed by atoms with E-state index in [0.717, 1.165) is 10.0 Å². The molecule has 0 saturated carbocycles. The molecule has 0 spiro atoms. The third-order valence-electron chi connectivity index (χ3n) is 2.87. The van der Waals surface area contributed by atoms with Crippen molar-refractivity contribution in [3.8, 4) is 0 Å². The molecule has 0 amide bonds. The van der Waals surface area contributed by atoms with Gasteiger partial charge in [-0.2, -0.15) is 0 Å². The number of hydrogen-bond donors (Lipinski definition) is 1. The van der Waals surface area contributed by atoms with Crippen LogP contribution in [0.4, 0.5) is 5.69 Å². The number of methoxy groups -OCH3 is 1. The molecule has 0 heterocycles. The number of anilines is 1. The Balaban J connectivity index is 2.23. The number of ether oxygens (including phenoxy) is 1. The average Bonchev–Trinajstić information content (AvgIpc) is 2.45. The molecule has 3 nitrogen and oxygen atoms in total. The summed E-state index contributed by atoms with van der Waals surface area (Å²) >= 11 is 15.5. The molecule has 21 heavy (non-hydrogen) atoms. The lowest BCUT2D eigenvalue weighted by Gasteiger charge is -2.12. The van der Waals surface area contributed by atoms with Gasteiger partial charge in [0.05, 0.1) is 18.4 Å². The van der Waals surface area contributed by atoms with Crippen molar-refractivity contribution in [2.45, 2.75) is 6.54 Å². The maximum atomic E-state index is 11.7. The van der Waals surface area contributed by atoms with Gasteiger partial charge in [0.2, 0.25) is 0 Å². The molecule has 0 atom stereocenters. The second-order valence-electron chi connectivity index (χ2n) is 4.27. The minimum absolute atomic E-state index is 0.420. The maximum absolute atomic E-state index is 11.7. The highest BCUT2D eigenvalue weighted by Crippen LogP contribution is 2.25. The minimum atomic E-state index is -0.420. The smallest absolute Gasteiger partial charge is 0.339 e. The Morgan fingerprint density at radius 1 is 1.24 bits per heavy atom. The molecule has 0 radical (unpaired) electrons. The molecule has 0 aromatic heterocycles. The van der Waals surface area contributed by atoms with Crippen LogP contribution in [-0.4, -0.2) is 13.1 Å². The van der Waals surface area contributed by atoms with Crippen LogP contribution in [0.1, 0.15) is 15.9 Å². The fourth-order valence-electron chi connectivity index (χ4n) is 1.81. The zero-order valence-corrected chi connectivity index (χ0v) is 14.2. The maximum Gasteiger partial charge on any atom is 0.339 e. The van der Waals surface area contributed by atoms with Crippen LogP contribution >= 0.6 is 39.1 Å². The quantitative estimate of drug-likeness (QED) is 0.735. The van der Waals surface area contributed by atoms with Crippen LogP contribution < -0.4 is 5.32 Å². The summed E-state index contributed by atoms with van der Waals surface area (Å²) < 4.78 is 5.67. The van der Waals surface area contributed by atoms with Crippen molar-refractivity contribution >= 4 is 50.8 Å². The topological polar surface area (TPSA) is 38.3 Å². The Morgan fingerprint density at radius 3 is 2.67 bits per heavy atom. The number of esters is 1. The lowest BCUT2D eigenvalue weighted by atomic mass is 10.1. The van der Waals surface area contributed by atoms with Gasteiger partial charge in [-0.15, -0.1) is 0 Å². The van der Waals surface area contributed by atoms with E-state index < -0.39 is 5.97 Å². The number of hydrogen-bond acceptors (Lipinski definition) is 3. The first-order chi connectivity index (χ1) is 10.0. The molecule has 2 aromatic carbocycles. The summed E-state index contributed by atoms with van der Waals surface area (Å²) in [7, 11) is 1.34. The fourth-order valence-corrected chi connectivity index (χ4v) is 2.72. The van der Waals surface area contributed by atoms with Crippen LogP contribution in [0.15, 0.2) is 40.9 Å². The number of carbonyl (C=O) groups is 1. The molecule has 0 unspecified atom stereocenters. The molecule has 6 heteroatoms. The Bertz CT molecular complexity index is 677. The average molecular weight is 389 g/mol. The van der Waals surface area contributed by atoms with Crippen LogP contribution in [0.2, 0.25) is 10.0 Å². The van der Waals surface area contributed by atoms with Gasteiger partial charge in [0.1, 0.15) is 0 Å². The highest BCUT2D eigenvalue weighted by Gasteiger charge is 2.12. The molecular formula is C15H12BrCl2NO2. The SMILES string of the molecule is COC(=O)c1ccc(Cl)cc1NCc1ccc(Br)cc1Cl. The number of nitrogens with one attached hydrogen (secondary N) is 1. The lowest BCUT2D eigenvalue weighted by molar-refractivity contribution is 0.0602. The third kappa shape index (κ3) is 4.13. The van der Waals surface area contributed by atoms with Crippen molar-refractivity contribution in [3.05, 3.63) is 62.0 Å². The van der Waals surface area contributed by atoms with E-state index in [1.807, 2.05) is 18.2 Å². The molecule has 0 bridgehead atoms. The molecule has 2 aromatic rings. The first-order valence-corrected chi connectivity index (χ1v) is 7.62. The Kier molecular flexibility index (Phi) is 5.51. The van der Waals surface area contributed by atoms with E-state index in [0.29, 0.717) is 27.8 Å². The van der Waals surface area contributed by atoms with E-state index >= 15 is 0 Å². The van der Waals surface area contributed by atoms with Gasteiger partial charge in [-0.1, -0.05) is 45.2 Å². The standard InChI is InChI=1S/C15H12BrCl2NO2/c1-21-15(20)12-5-4-11(17)7-14(12)19-8-9-2-3-10(16)6-13(9)18/h2-7,19H,8H2,1H3. The highest BCUT2D eigenvalue weighted by atomic mass is 79.9. The first-order valence-electron chi connectivity index (χ1n) is 6.07. The van der Waals surface area contributed by atoms with E-state index in [1.165, 1.54) is 7.11 Å². The number of halogens is 3. The Labute approximate surface area is 141 Å². The van der Waals surface area contributed by atoms with Gasteiger partial charge in [0, 0.05) is 21.1 Å². The number of rotatable bonds is 4. The molecular weight excluding hydrogens is 377 g/mol. The summed E-state index contributed by atoms with van der Waals surface area (Å²) in [5.41, 5.74) is 1.94. The Morgan fingerprint density at radius 2 is 2.00 bits per heavy atom. The summed E-state index contributed by atoms with van der Waals surface area (Å²) in [6, 6.07) is 10.6. The summed E-state index contributed by atoms with van der Waals surface area (Å²) in [6.07, 6.45) is 0. The first kappa shape index (κ1) is 16.1. The normalized spacial score (nSPS) is 10.3. The van der Waals surface area contributed by atoms with Gasteiger partial charge in [-0.25, -0.2) is 4.79 Å². The van der Waals surface area contributed by atoms with Crippen molar-refractivity contribution in [2.75, 3.05) is 12.4 Å². The summed E-state index contributed by atoms with van der Waals surface area (Å²) in [5, 5.41) is 4.33. The summed E-state index contributed by atoms with van der Waals surface area (Å²) in [6.45, 7) is 0.469. The highest BCUT2D eigenvalue weighted by molar-refractivity contribution is 9.10. The van der Waals surface area contributed by atoms with Crippen LogP contribution in [0.5, 0.6) is 0 Å². The predicted octanol–water partition coefficient (Wildman–Crippen LogP) is 5.15. The van der Waals surface area contributed by atoms with Gasteiger partial charge in [0.25, 0.3) is 0 Å². The largest absolute Gasteiger partial charge is 0.465 e. The van der Waals surface area contributed by atoms with Crippen LogP contribution in [0.3, 0.4) is 0 Å². The van der Waals surface area contributed by atoms with Crippen molar-refractivity contribution in [1.29, 1.82) is 0 Å².